The molecule has 4 unspecified atom stereocenters. The summed E-state index contributed by atoms with van der Waals surface area (Å²) in [7, 11) is 0. The van der Waals surface area contributed by atoms with Crippen molar-refractivity contribution in [3.63, 3.8) is 0 Å². The van der Waals surface area contributed by atoms with Crippen LogP contribution in [-0.2, 0) is 4.79 Å². The van der Waals surface area contributed by atoms with Gasteiger partial charge in [-0.15, -0.1) is 0 Å². The number of rotatable bonds is 2. The lowest BCUT2D eigenvalue weighted by molar-refractivity contribution is -0.146. The molecule has 0 aromatic carbocycles. The molecule has 2 fully saturated rings. The quantitative estimate of drug-likeness (QED) is 0.642. The molecule has 0 saturated heterocycles. The maximum Gasteiger partial charge on any atom is 0.307 e. The molecule has 0 aromatic rings. The Bertz CT molecular complexity index is 202. The number of hydrogen-bond donors (Lipinski definition) is 2. The highest BCUT2D eigenvalue weighted by Crippen LogP contribution is 2.52. The van der Waals surface area contributed by atoms with Gasteiger partial charge in [-0.3, -0.25) is 4.79 Å². The van der Waals surface area contributed by atoms with E-state index in [0.717, 1.165) is 19.3 Å². The first-order chi connectivity index (χ1) is 5.74. The number of carboxylic acid groups (broad SMARTS) is 1. The lowest BCUT2D eigenvalue weighted by Crippen LogP contribution is -2.31. The summed E-state index contributed by atoms with van der Waals surface area (Å²) in [6.45, 7) is 0.0537. The van der Waals surface area contributed by atoms with Crippen LogP contribution in [0.4, 0.5) is 0 Å². The lowest BCUT2D eigenvalue weighted by Gasteiger charge is -2.25. The van der Waals surface area contributed by atoms with Crippen molar-refractivity contribution in [2.75, 3.05) is 6.61 Å². The molecule has 2 saturated carbocycles. The molecule has 2 aliphatic rings. The summed E-state index contributed by atoms with van der Waals surface area (Å²) in [6, 6.07) is 0. The maximum absolute atomic E-state index is 10.8. The molecule has 0 spiro atoms. The van der Waals surface area contributed by atoms with E-state index in [2.05, 4.69) is 0 Å². The molecule has 0 aliphatic heterocycles. The van der Waals surface area contributed by atoms with E-state index in [1.54, 1.807) is 0 Å². The van der Waals surface area contributed by atoms with Crippen molar-refractivity contribution in [1.29, 1.82) is 0 Å². The van der Waals surface area contributed by atoms with Crippen molar-refractivity contribution in [3.05, 3.63) is 0 Å². The topological polar surface area (TPSA) is 57.5 Å². The highest BCUT2D eigenvalue weighted by Gasteiger charge is 2.50. The standard InChI is InChI=1S/C9H14O3/c10-4-7-5-1-2-6(3-5)8(7)9(11)12/h5-8,10H,1-4H2,(H,11,12). The van der Waals surface area contributed by atoms with Crippen molar-refractivity contribution in [1.82, 2.24) is 0 Å². The third-order valence-corrected chi connectivity index (χ3v) is 3.58. The fourth-order valence-electron chi connectivity index (χ4n) is 3.06. The van der Waals surface area contributed by atoms with Crippen LogP contribution in [0, 0.1) is 23.7 Å². The normalized spacial score (nSPS) is 45.1. The molecule has 12 heavy (non-hydrogen) atoms. The molecule has 3 nitrogen and oxygen atoms in total. The van der Waals surface area contributed by atoms with Crippen molar-refractivity contribution >= 4 is 5.97 Å². The number of aliphatic hydroxyl groups is 1. The van der Waals surface area contributed by atoms with Crippen LogP contribution in [0.25, 0.3) is 0 Å². The second kappa shape index (κ2) is 2.73. The molecular weight excluding hydrogens is 156 g/mol. The van der Waals surface area contributed by atoms with Crippen LogP contribution in [0.3, 0.4) is 0 Å². The van der Waals surface area contributed by atoms with Crippen molar-refractivity contribution in [3.8, 4) is 0 Å². The van der Waals surface area contributed by atoms with Crippen molar-refractivity contribution in [2.24, 2.45) is 23.7 Å². The highest BCUT2D eigenvalue weighted by atomic mass is 16.4. The predicted octanol–water partition coefficient (Wildman–Crippen LogP) is 0.726. The summed E-state index contributed by atoms with van der Waals surface area (Å²) in [6.07, 6.45) is 3.21. The fraction of sp³-hybridized carbons (Fsp3) is 0.889. The Kier molecular flexibility index (Phi) is 1.83. The summed E-state index contributed by atoms with van der Waals surface area (Å²) in [5, 5.41) is 18.0. The van der Waals surface area contributed by atoms with Gasteiger partial charge in [0.25, 0.3) is 0 Å². The van der Waals surface area contributed by atoms with Gasteiger partial charge in [0.15, 0.2) is 0 Å². The van der Waals surface area contributed by atoms with Crippen LogP contribution in [0.5, 0.6) is 0 Å². The summed E-state index contributed by atoms with van der Waals surface area (Å²) in [5.41, 5.74) is 0. The van der Waals surface area contributed by atoms with Gasteiger partial charge in [-0.2, -0.15) is 0 Å². The Hall–Kier alpha value is -0.570. The third-order valence-electron chi connectivity index (χ3n) is 3.58. The van der Waals surface area contributed by atoms with E-state index >= 15 is 0 Å². The summed E-state index contributed by atoms with van der Waals surface area (Å²) in [5.74, 6) is -0.0815. The molecule has 2 bridgehead atoms. The molecule has 2 aliphatic carbocycles. The second-order valence-electron chi connectivity index (χ2n) is 4.04. The van der Waals surface area contributed by atoms with E-state index in [4.69, 9.17) is 10.2 Å². The first-order valence-electron chi connectivity index (χ1n) is 4.57. The number of carboxylic acids is 1. The number of fused-ring (bicyclic) bond motifs is 2. The average molecular weight is 170 g/mol. The molecule has 0 heterocycles. The van der Waals surface area contributed by atoms with Crippen LogP contribution in [-0.4, -0.2) is 22.8 Å². The molecular formula is C9H14O3. The Balaban J connectivity index is 2.16. The number of carbonyl (C=O) groups is 1. The highest BCUT2D eigenvalue weighted by molar-refractivity contribution is 5.71. The number of hydrogen-bond acceptors (Lipinski definition) is 2. The lowest BCUT2D eigenvalue weighted by atomic mass is 9.80. The zero-order chi connectivity index (χ0) is 8.72. The average Bonchev–Trinajstić information content (AvgIpc) is 2.60. The first kappa shape index (κ1) is 8.05. The molecule has 68 valence electrons. The van der Waals surface area contributed by atoms with Crippen LogP contribution in [0.1, 0.15) is 19.3 Å². The Morgan fingerprint density at radius 2 is 2.00 bits per heavy atom. The van der Waals surface area contributed by atoms with Crippen molar-refractivity contribution < 1.29 is 15.0 Å². The van der Waals surface area contributed by atoms with Gasteiger partial charge in [0.1, 0.15) is 0 Å². The van der Waals surface area contributed by atoms with E-state index in [-0.39, 0.29) is 18.4 Å². The molecule has 2 rings (SSSR count). The minimum Gasteiger partial charge on any atom is -0.481 e. The zero-order valence-corrected chi connectivity index (χ0v) is 6.94. The SMILES string of the molecule is O=C(O)C1C2CCC(C2)C1CO. The van der Waals surface area contributed by atoms with E-state index in [9.17, 15) is 4.79 Å². The summed E-state index contributed by atoms with van der Waals surface area (Å²) >= 11 is 0. The van der Waals surface area contributed by atoms with Gasteiger partial charge in [-0.25, -0.2) is 0 Å². The Morgan fingerprint density at radius 1 is 1.33 bits per heavy atom. The largest absolute Gasteiger partial charge is 0.481 e. The van der Waals surface area contributed by atoms with Gasteiger partial charge in [0.05, 0.1) is 5.92 Å². The summed E-state index contributed by atoms with van der Waals surface area (Å²) in [4.78, 5) is 10.8. The van der Waals surface area contributed by atoms with E-state index in [1.165, 1.54) is 0 Å². The number of aliphatic hydroxyl groups excluding tert-OH is 1. The molecule has 0 amide bonds. The molecule has 0 aromatic heterocycles. The van der Waals surface area contributed by atoms with Crippen LogP contribution in [0.15, 0.2) is 0 Å². The van der Waals surface area contributed by atoms with Crippen LogP contribution in [0.2, 0.25) is 0 Å². The van der Waals surface area contributed by atoms with E-state index in [1.807, 2.05) is 0 Å². The van der Waals surface area contributed by atoms with Crippen LogP contribution >= 0.6 is 0 Å². The molecule has 3 heteroatoms. The minimum absolute atomic E-state index is 0.0428. The number of aliphatic carboxylic acids is 1. The Morgan fingerprint density at radius 3 is 2.50 bits per heavy atom. The van der Waals surface area contributed by atoms with Gasteiger partial charge in [-0.1, -0.05) is 0 Å². The zero-order valence-electron chi connectivity index (χ0n) is 6.94. The van der Waals surface area contributed by atoms with Gasteiger partial charge in [-0.05, 0) is 37.0 Å². The maximum atomic E-state index is 10.8. The van der Waals surface area contributed by atoms with Gasteiger partial charge >= 0.3 is 5.97 Å². The monoisotopic (exact) mass is 170 g/mol. The molecule has 4 atom stereocenters. The minimum atomic E-state index is -0.707. The fourth-order valence-corrected chi connectivity index (χ4v) is 3.06. The van der Waals surface area contributed by atoms with Gasteiger partial charge < -0.3 is 10.2 Å². The smallest absolute Gasteiger partial charge is 0.307 e. The van der Waals surface area contributed by atoms with E-state index < -0.39 is 5.97 Å². The third kappa shape index (κ3) is 0.959. The van der Waals surface area contributed by atoms with Gasteiger partial charge in [0, 0.05) is 6.61 Å². The van der Waals surface area contributed by atoms with Crippen LogP contribution < -0.4 is 0 Å². The molecule has 0 radical (unpaired) electrons. The first-order valence-corrected chi connectivity index (χ1v) is 4.57. The van der Waals surface area contributed by atoms with E-state index in [0.29, 0.717) is 11.8 Å². The predicted molar refractivity (Wildman–Crippen MR) is 42.5 cm³/mol. The van der Waals surface area contributed by atoms with Crippen molar-refractivity contribution in [2.45, 2.75) is 19.3 Å². The second-order valence-corrected chi connectivity index (χ2v) is 4.04. The Labute approximate surface area is 71.4 Å². The van der Waals surface area contributed by atoms with Gasteiger partial charge in [0.2, 0.25) is 0 Å². The summed E-state index contributed by atoms with van der Waals surface area (Å²) < 4.78 is 0. The molecule has 2 N–H and O–H groups in total.